The van der Waals surface area contributed by atoms with Crippen LogP contribution in [0.5, 0.6) is 5.75 Å². The van der Waals surface area contributed by atoms with Gasteiger partial charge in [0, 0.05) is 5.69 Å². The van der Waals surface area contributed by atoms with E-state index in [1.54, 1.807) is 0 Å². The zero-order chi connectivity index (χ0) is 12.3. The Bertz CT molecular complexity index is 525. The van der Waals surface area contributed by atoms with E-state index in [1.807, 2.05) is 43.3 Å². The van der Waals surface area contributed by atoms with E-state index in [2.05, 4.69) is 27.8 Å². The van der Waals surface area contributed by atoms with Gasteiger partial charge in [0.2, 0.25) is 0 Å². The lowest BCUT2D eigenvalue weighted by atomic mass is 10.2. The molecule has 2 nitrogen and oxygen atoms in total. The molecular formula is C14H14BrNO. The molecule has 0 fully saturated rings. The lowest BCUT2D eigenvalue weighted by Crippen LogP contribution is -1.99. The standard InChI is InChI=1S/C14H14BrNO/c1-10-6-7-14(13(15)8-10)17-9-12-5-3-4-11(2)16-12/h3-8H,9H2,1-2H3. The zero-order valence-electron chi connectivity index (χ0n) is 9.90. The maximum absolute atomic E-state index is 5.72. The number of nitrogens with zero attached hydrogens (tertiary/aromatic N) is 1. The van der Waals surface area contributed by atoms with Gasteiger partial charge in [-0.2, -0.15) is 0 Å². The van der Waals surface area contributed by atoms with Crippen LogP contribution in [0.25, 0.3) is 0 Å². The molecule has 0 aliphatic rings. The van der Waals surface area contributed by atoms with Crippen LogP contribution in [0.2, 0.25) is 0 Å². The minimum atomic E-state index is 0.489. The maximum Gasteiger partial charge on any atom is 0.134 e. The van der Waals surface area contributed by atoms with E-state index in [0.29, 0.717) is 6.61 Å². The Labute approximate surface area is 110 Å². The molecule has 17 heavy (non-hydrogen) atoms. The molecule has 3 heteroatoms. The van der Waals surface area contributed by atoms with Crippen LogP contribution in [0.15, 0.2) is 40.9 Å². The van der Waals surface area contributed by atoms with Crippen molar-refractivity contribution in [1.29, 1.82) is 0 Å². The maximum atomic E-state index is 5.72. The van der Waals surface area contributed by atoms with Crippen LogP contribution in [0.4, 0.5) is 0 Å². The van der Waals surface area contributed by atoms with Crippen molar-refractivity contribution in [2.45, 2.75) is 20.5 Å². The van der Waals surface area contributed by atoms with Gasteiger partial charge in [0.05, 0.1) is 10.2 Å². The molecule has 2 rings (SSSR count). The van der Waals surface area contributed by atoms with Gasteiger partial charge < -0.3 is 4.74 Å². The summed E-state index contributed by atoms with van der Waals surface area (Å²) < 4.78 is 6.70. The summed E-state index contributed by atoms with van der Waals surface area (Å²) in [6, 6.07) is 12.0. The number of ether oxygens (including phenoxy) is 1. The van der Waals surface area contributed by atoms with Crippen LogP contribution in [-0.4, -0.2) is 4.98 Å². The first-order valence-corrected chi connectivity index (χ1v) is 6.26. The molecule has 0 saturated carbocycles. The summed E-state index contributed by atoms with van der Waals surface area (Å²) >= 11 is 3.49. The molecule has 1 aromatic carbocycles. The Morgan fingerprint density at radius 2 is 2.00 bits per heavy atom. The van der Waals surface area contributed by atoms with Crippen LogP contribution >= 0.6 is 15.9 Å². The van der Waals surface area contributed by atoms with Gasteiger partial charge >= 0.3 is 0 Å². The van der Waals surface area contributed by atoms with Crippen LogP contribution < -0.4 is 4.74 Å². The van der Waals surface area contributed by atoms with E-state index in [0.717, 1.165) is 21.6 Å². The summed E-state index contributed by atoms with van der Waals surface area (Å²) in [7, 11) is 0. The second-order valence-electron chi connectivity index (χ2n) is 3.99. The second kappa shape index (κ2) is 5.32. The van der Waals surface area contributed by atoms with Crippen molar-refractivity contribution >= 4 is 15.9 Å². The number of rotatable bonds is 3. The largest absolute Gasteiger partial charge is 0.486 e. The molecule has 0 aliphatic heterocycles. The SMILES string of the molecule is Cc1ccc(OCc2cccc(C)n2)c(Br)c1. The minimum Gasteiger partial charge on any atom is -0.486 e. The fraction of sp³-hybridized carbons (Fsp3) is 0.214. The Balaban J connectivity index is 2.07. The fourth-order valence-corrected chi connectivity index (χ4v) is 2.16. The summed E-state index contributed by atoms with van der Waals surface area (Å²) in [6.07, 6.45) is 0. The van der Waals surface area contributed by atoms with Gasteiger partial charge in [-0.25, -0.2) is 0 Å². The smallest absolute Gasteiger partial charge is 0.134 e. The van der Waals surface area contributed by atoms with E-state index >= 15 is 0 Å². The molecule has 0 radical (unpaired) electrons. The van der Waals surface area contributed by atoms with Crippen LogP contribution in [0, 0.1) is 13.8 Å². The first-order valence-electron chi connectivity index (χ1n) is 5.46. The monoisotopic (exact) mass is 291 g/mol. The molecule has 0 aliphatic carbocycles. The number of aryl methyl sites for hydroxylation is 2. The Hall–Kier alpha value is -1.35. The van der Waals surface area contributed by atoms with Crippen molar-refractivity contribution in [1.82, 2.24) is 4.98 Å². The summed E-state index contributed by atoms with van der Waals surface area (Å²) in [5.41, 5.74) is 3.16. The second-order valence-corrected chi connectivity index (χ2v) is 4.85. The van der Waals surface area contributed by atoms with Crippen molar-refractivity contribution in [3.05, 3.63) is 57.8 Å². The van der Waals surface area contributed by atoms with E-state index in [4.69, 9.17) is 4.74 Å². The van der Waals surface area contributed by atoms with E-state index in [9.17, 15) is 0 Å². The molecule has 0 bridgehead atoms. The van der Waals surface area contributed by atoms with E-state index < -0.39 is 0 Å². The van der Waals surface area contributed by atoms with Gasteiger partial charge in [-0.3, -0.25) is 4.98 Å². The van der Waals surface area contributed by atoms with Crippen LogP contribution in [-0.2, 0) is 6.61 Å². The van der Waals surface area contributed by atoms with Crippen LogP contribution in [0.3, 0.4) is 0 Å². The molecule has 2 aromatic rings. The number of halogens is 1. The van der Waals surface area contributed by atoms with Crippen molar-refractivity contribution in [3.63, 3.8) is 0 Å². The Kier molecular flexibility index (Phi) is 3.79. The fourth-order valence-electron chi connectivity index (χ4n) is 1.55. The molecule has 0 unspecified atom stereocenters. The molecule has 1 heterocycles. The first kappa shape index (κ1) is 12.1. The normalized spacial score (nSPS) is 10.3. The topological polar surface area (TPSA) is 22.1 Å². The summed E-state index contributed by atoms with van der Waals surface area (Å²) in [6.45, 7) is 4.52. The van der Waals surface area contributed by atoms with E-state index in [1.165, 1.54) is 5.56 Å². The minimum absolute atomic E-state index is 0.489. The van der Waals surface area contributed by atoms with E-state index in [-0.39, 0.29) is 0 Å². The van der Waals surface area contributed by atoms with Crippen molar-refractivity contribution in [2.24, 2.45) is 0 Å². The molecule has 0 spiro atoms. The van der Waals surface area contributed by atoms with Crippen LogP contribution in [0.1, 0.15) is 17.0 Å². The van der Waals surface area contributed by atoms with Gasteiger partial charge in [-0.15, -0.1) is 0 Å². The number of hydrogen-bond donors (Lipinski definition) is 0. The summed E-state index contributed by atoms with van der Waals surface area (Å²) in [5, 5.41) is 0. The number of hydrogen-bond acceptors (Lipinski definition) is 2. The predicted molar refractivity (Wildman–Crippen MR) is 72.2 cm³/mol. The molecule has 0 saturated heterocycles. The number of aromatic nitrogens is 1. The Morgan fingerprint density at radius 3 is 2.71 bits per heavy atom. The highest BCUT2D eigenvalue weighted by molar-refractivity contribution is 9.10. The van der Waals surface area contributed by atoms with Crippen molar-refractivity contribution in [3.8, 4) is 5.75 Å². The highest BCUT2D eigenvalue weighted by Crippen LogP contribution is 2.26. The van der Waals surface area contributed by atoms with Crippen molar-refractivity contribution in [2.75, 3.05) is 0 Å². The van der Waals surface area contributed by atoms with Gasteiger partial charge in [0.1, 0.15) is 12.4 Å². The third-order valence-corrected chi connectivity index (χ3v) is 3.03. The third-order valence-electron chi connectivity index (χ3n) is 2.41. The average molecular weight is 292 g/mol. The van der Waals surface area contributed by atoms with Gasteiger partial charge in [0.25, 0.3) is 0 Å². The molecule has 88 valence electrons. The average Bonchev–Trinajstić information content (AvgIpc) is 2.28. The number of pyridine rings is 1. The summed E-state index contributed by atoms with van der Waals surface area (Å²) in [4.78, 5) is 4.40. The predicted octanol–water partition coefficient (Wildman–Crippen LogP) is 4.04. The van der Waals surface area contributed by atoms with Gasteiger partial charge in [0.15, 0.2) is 0 Å². The lowest BCUT2D eigenvalue weighted by molar-refractivity contribution is 0.299. The molecule has 0 amide bonds. The van der Waals surface area contributed by atoms with Gasteiger partial charge in [-0.05, 0) is 59.6 Å². The molecule has 0 N–H and O–H groups in total. The lowest BCUT2D eigenvalue weighted by Gasteiger charge is -2.08. The zero-order valence-corrected chi connectivity index (χ0v) is 11.5. The summed E-state index contributed by atoms with van der Waals surface area (Å²) in [5.74, 6) is 0.846. The highest BCUT2D eigenvalue weighted by Gasteiger charge is 2.02. The first-order chi connectivity index (χ1) is 8.15. The number of benzene rings is 1. The third kappa shape index (κ3) is 3.30. The Morgan fingerprint density at radius 1 is 1.18 bits per heavy atom. The quantitative estimate of drug-likeness (QED) is 0.851. The molecule has 1 aromatic heterocycles. The van der Waals surface area contributed by atoms with Gasteiger partial charge in [-0.1, -0.05) is 12.1 Å². The molecule has 0 atom stereocenters. The van der Waals surface area contributed by atoms with Crippen molar-refractivity contribution < 1.29 is 4.74 Å². The highest BCUT2D eigenvalue weighted by atomic mass is 79.9. The molecular weight excluding hydrogens is 278 g/mol.